The van der Waals surface area contributed by atoms with Gasteiger partial charge in [0.1, 0.15) is 5.82 Å². The average molecular weight is 388 g/mol. The van der Waals surface area contributed by atoms with Crippen molar-refractivity contribution in [2.75, 3.05) is 0 Å². The second-order valence-corrected chi connectivity index (χ2v) is 6.87. The Morgan fingerprint density at radius 3 is 2.31 bits per heavy atom. The third-order valence-electron chi connectivity index (χ3n) is 4.59. The van der Waals surface area contributed by atoms with Gasteiger partial charge in [0.05, 0.1) is 13.1 Å². The lowest BCUT2D eigenvalue weighted by Crippen LogP contribution is -2.25. The summed E-state index contributed by atoms with van der Waals surface area (Å²) in [6, 6.07) is 20.7. The van der Waals surface area contributed by atoms with E-state index < -0.39 is 0 Å². The number of hydrogen-bond donors (Lipinski definition) is 0. The fraction of sp³-hybridized carbons (Fsp3) is 0.182. The molecule has 0 unspecified atom stereocenters. The second-order valence-electron chi connectivity index (χ2n) is 6.87. The molecule has 0 aliphatic heterocycles. The SMILES string of the molecule is Fc1ccc(Cn2nnnc2CN(Cc2ccccc2)Cc2cccnc2)cc1. The van der Waals surface area contributed by atoms with Gasteiger partial charge in [-0.05, 0) is 45.3 Å². The van der Waals surface area contributed by atoms with Crippen molar-refractivity contribution in [2.24, 2.45) is 0 Å². The summed E-state index contributed by atoms with van der Waals surface area (Å²) in [5.74, 6) is 0.505. The van der Waals surface area contributed by atoms with Crippen LogP contribution in [0.15, 0.2) is 79.1 Å². The minimum Gasteiger partial charge on any atom is -0.287 e. The van der Waals surface area contributed by atoms with E-state index in [0.29, 0.717) is 13.1 Å². The predicted octanol–water partition coefficient (Wildman–Crippen LogP) is 3.46. The normalized spacial score (nSPS) is 11.1. The summed E-state index contributed by atoms with van der Waals surface area (Å²) in [5.41, 5.74) is 3.29. The molecule has 4 rings (SSSR count). The molecule has 146 valence electrons. The first-order valence-corrected chi connectivity index (χ1v) is 9.41. The molecule has 7 heteroatoms. The molecule has 0 fully saturated rings. The molecule has 6 nitrogen and oxygen atoms in total. The van der Waals surface area contributed by atoms with Crippen LogP contribution >= 0.6 is 0 Å². The number of pyridine rings is 1. The van der Waals surface area contributed by atoms with Gasteiger partial charge in [0, 0.05) is 25.5 Å². The number of rotatable bonds is 8. The summed E-state index contributed by atoms with van der Waals surface area (Å²) in [5, 5.41) is 12.2. The average Bonchev–Trinajstić information content (AvgIpc) is 3.18. The van der Waals surface area contributed by atoms with E-state index in [2.05, 4.69) is 43.6 Å². The summed E-state index contributed by atoms with van der Waals surface area (Å²) < 4.78 is 14.9. The molecule has 0 amide bonds. The highest BCUT2D eigenvalue weighted by molar-refractivity contribution is 5.17. The minimum absolute atomic E-state index is 0.254. The van der Waals surface area contributed by atoms with Gasteiger partial charge in [-0.15, -0.1) is 5.10 Å². The van der Waals surface area contributed by atoms with E-state index in [0.717, 1.165) is 30.0 Å². The molecule has 0 N–H and O–H groups in total. The zero-order valence-electron chi connectivity index (χ0n) is 15.9. The first kappa shape index (κ1) is 18.9. The van der Waals surface area contributed by atoms with Crippen molar-refractivity contribution in [3.8, 4) is 0 Å². The maximum Gasteiger partial charge on any atom is 0.165 e. The van der Waals surface area contributed by atoms with Gasteiger partial charge >= 0.3 is 0 Å². The topological polar surface area (TPSA) is 59.7 Å². The predicted molar refractivity (Wildman–Crippen MR) is 107 cm³/mol. The lowest BCUT2D eigenvalue weighted by Gasteiger charge is -2.22. The third kappa shape index (κ3) is 5.30. The van der Waals surface area contributed by atoms with Gasteiger partial charge < -0.3 is 0 Å². The number of aromatic nitrogens is 5. The van der Waals surface area contributed by atoms with Crippen LogP contribution in [0.4, 0.5) is 4.39 Å². The molecular weight excluding hydrogens is 367 g/mol. The van der Waals surface area contributed by atoms with E-state index in [1.165, 1.54) is 17.7 Å². The zero-order chi connectivity index (χ0) is 19.9. The van der Waals surface area contributed by atoms with Crippen LogP contribution in [0, 0.1) is 5.82 Å². The maximum absolute atomic E-state index is 13.2. The quantitative estimate of drug-likeness (QED) is 0.463. The summed E-state index contributed by atoms with van der Waals surface area (Å²) in [6.45, 7) is 2.57. The fourth-order valence-electron chi connectivity index (χ4n) is 3.18. The molecule has 2 heterocycles. The molecule has 0 spiro atoms. The first-order chi connectivity index (χ1) is 14.3. The van der Waals surface area contributed by atoms with Gasteiger partial charge in [-0.25, -0.2) is 9.07 Å². The zero-order valence-corrected chi connectivity index (χ0v) is 15.9. The van der Waals surface area contributed by atoms with Crippen LogP contribution < -0.4 is 0 Å². The van der Waals surface area contributed by atoms with Gasteiger partial charge in [-0.2, -0.15) is 0 Å². The lowest BCUT2D eigenvalue weighted by molar-refractivity contribution is 0.236. The largest absolute Gasteiger partial charge is 0.287 e. The van der Waals surface area contributed by atoms with Crippen molar-refractivity contribution >= 4 is 0 Å². The Hall–Kier alpha value is -3.45. The van der Waals surface area contributed by atoms with E-state index in [-0.39, 0.29) is 5.82 Å². The van der Waals surface area contributed by atoms with Gasteiger partial charge in [-0.1, -0.05) is 48.5 Å². The molecular formula is C22H21FN6. The molecule has 0 aliphatic carbocycles. The van der Waals surface area contributed by atoms with Crippen LogP contribution in [0.25, 0.3) is 0 Å². The standard InChI is InChI=1S/C22H21FN6/c23-21-10-8-19(9-11-21)16-29-22(25-26-27-29)17-28(14-18-5-2-1-3-6-18)15-20-7-4-12-24-13-20/h1-13H,14-17H2. The van der Waals surface area contributed by atoms with Crippen LogP contribution in [0.3, 0.4) is 0 Å². The van der Waals surface area contributed by atoms with E-state index in [1.54, 1.807) is 23.0 Å². The van der Waals surface area contributed by atoms with E-state index in [9.17, 15) is 4.39 Å². The van der Waals surface area contributed by atoms with Crippen molar-refractivity contribution in [1.82, 2.24) is 30.1 Å². The summed E-state index contributed by atoms with van der Waals surface area (Å²) >= 11 is 0. The van der Waals surface area contributed by atoms with Crippen molar-refractivity contribution in [2.45, 2.75) is 26.2 Å². The Bertz CT molecular complexity index is 977. The van der Waals surface area contributed by atoms with Crippen LogP contribution in [-0.2, 0) is 26.2 Å². The summed E-state index contributed by atoms with van der Waals surface area (Å²) in [4.78, 5) is 6.50. The summed E-state index contributed by atoms with van der Waals surface area (Å²) in [7, 11) is 0. The van der Waals surface area contributed by atoms with Crippen molar-refractivity contribution < 1.29 is 4.39 Å². The van der Waals surface area contributed by atoms with Crippen molar-refractivity contribution in [3.05, 3.63) is 107 Å². The molecule has 2 aromatic carbocycles. The summed E-state index contributed by atoms with van der Waals surface area (Å²) in [6.07, 6.45) is 3.65. The highest BCUT2D eigenvalue weighted by atomic mass is 19.1. The van der Waals surface area contributed by atoms with Gasteiger partial charge in [0.25, 0.3) is 0 Å². The van der Waals surface area contributed by atoms with Gasteiger partial charge in [0.2, 0.25) is 0 Å². The molecule has 0 bridgehead atoms. The Morgan fingerprint density at radius 1 is 0.793 bits per heavy atom. The minimum atomic E-state index is -0.254. The number of benzene rings is 2. The number of tetrazole rings is 1. The van der Waals surface area contributed by atoms with Crippen LogP contribution in [0.5, 0.6) is 0 Å². The number of nitrogens with zero attached hydrogens (tertiary/aromatic N) is 6. The third-order valence-corrected chi connectivity index (χ3v) is 4.59. The molecule has 0 aliphatic rings. The van der Waals surface area contributed by atoms with E-state index >= 15 is 0 Å². The van der Waals surface area contributed by atoms with E-state index in [1.807, 2.05) is 30.5 Å². The highest BCUT2D eigenvalue weighted by Gasteiger charge is 2.14. The number of hydrogen-bond acceptors (Lipinski definition) is 5. The van der Waals surface area contributed by atoms with E-state index in [4.69, 9.17) is 0 Å². The molecule has 0 saturated carbocycles. The Morgan fingerprint density at radius 2 is 1.55 bits per heavy atom. The van der Waals surface area contributed by atoms with Crippen LogP contribution in [0.2, 0.25) is 0 Å². The second kappa shape index (κ2) is 9.16. The molecule has 4 aromatic rings. The lowest BCUT2D eigenvalue weighted by atomic mass is 10.2. The monoisotopic (exact) mass is 388 g/mol. The molecule has 0 radical (unpaired) electrons. The Kier molecular flexibility index (Phi) is 5.97. The van der Waals surface area contributed by atoms with Crippen molar-refractivity contribution in [1.29, 1.82) is 0 Å². The maximum atomic E-state index is 13.2. The Labute approximate surface area is 168 Å². The molecule has 0 saturated heterocycles. The smallest absolute Gasteiger partial charge is 0.165 e. The fourth-order valence-corrected chi connectivity index (χ4v) is 3.18. The van der Waals surface area contributed by atoms with Gasteiger partial charge in [0.15, 0.2) is 5.82 Å². The molecule has 2 aromatic heterocycles. The first-order valence-electron chi connectivity index (χ1n) is 9.41. The highest BCUT2D eigenvalue weighted by Crippen LogP contribution is 2.13. The number of halogens is 1. The van der Waals surface area contributed by atoms with Crippen LogP contribution in [0.1, 0.15) is 22.5 Å². The van der Waals surface area contributed by atoms with Crippen molar-refractivity contribution in [3.63, 3.8) is 0 Å². The van der Waals surface area contributed by atoms with Gasteiger partial charge in [-0.3, -0.25) is 9.88 Å². The Balaban J connectivity index is 1.52. The molecule has 0 atom stereocenters. The van der Waals surface area contributed by atoms with Crippen LogP contribution in [-0.4, -0.2) is 30.1 Å². The molecule has 29 heavy (non-hydrogen) atoms.